The highest BCUT2D eigenvalue weighted by Gasteiger charge is 2.67. The number of allylic oxidation sites excluding steroid dienone is 1. The summed E-state index contributed by atoms with van der Waals surface area (Å²) in [5.41, 5.74) is -1.12. The molecule has 3 nitrogen and oxygen atoms in total. The molecule has 26 heavy (non-hydrogen) atoms. The first kappa shape index (κ1) is 20.0. The highest BCUT2D eigenvalue weighted by atomic mass is 19.1. The van der Waals surface area contributed by atoms with Gasteiger partial charge in [0.15, 0.2) is 0 Å². The number of rotatable bonds is 3. The fourth-order valence-corrected chi connectivity index (χ4v) is 7.02. The number of methoxy groups -OCH3 is 1. The fraction of sp³-hybridized carbons (Fsp3) is 0.864. The molecule has 3 aliphatic carbocycles. The summed E-state index contributed by atoms with van der Waals surface area (Å²) in [5.74, 6) is 0.657. The molecule has 0 radical (unpaired) electrons. The minimum Gasteiger partial charge on any atom is -0.393 e. The summed E-state index contributed by atoms with van der Waals surface area (Å²) < 4.78 is 18.6. The highest BCUT2D eigenvalue weighted by molar-refractivity contribution is 5.87. The van der Waals surface area contributed by atoms with Gasteiger partial charge in [0.25, 0.3) is 0 Å². The zero-order valence-electron chi connectivity index (χ0n) is 16.9. The lowest BCUT2D eigenvalue weighted by atomic mass is 9.44. The number of aliphatic hydroxyl groups excluding tert-OH is 1. The third-order valence-electron chi connectivity index (χ3n) is 8.83. The zero-order chi connectivity index (χ0) is 19.3. The lowest BCUT2D eigenvalue weighted by Crippen LogP contribution is -2.62. The molecule has 0 aromatic carbocycles. The van der Waals surface area contributed by atoms with Gasteiger partial charge in [0.2, 0.25) is 0 Å². The van der Waals surface area contributed by atoms with Crippen molar-refractivity contribution in [2.24, 2.45) is 34.0 Å². The van der Waals surface area contributed by atoms with Crippen LogP contribution in [0.4, 0.5) is 4.39 Å². The van der Waals surface area contributed by atoms with Crippen LogP contribution in [0.15, 0.2) is 12.4 Å². The largest absolute Gasteiger partial charge is 0.393 e. The van der Waals surface area contributed by atoms with E-state index in [1.165, 1.54) is 6.08 Å². The summed E-state index contributed by atoms with van der Waals surface area (Å²) in [6, 6.07) is 0. The number of aliphatic hydroxyl groups is 1. The van der Waals surface area contributed by atoms with E-state index in [0.29, 0.717) is 25.1 Å². The molecule has 148 valence electrons. The molecular weight excluding hydrogens is 331 g/mol. The molecule has 4 heteroatoms. The molecule has 0 heterocycles. The zero-order valence-corrected chi connectivity index (χ0v) is 16.9. The maximum absolute atomic E-state index is 13.6. The SMILES string of the molecule is CO[C@@H]1CCC23CC[C@@H](C)[C@](C)(C12)[C@H](O)C[C@@](C)(CC=CF)C(=O)[C@@H]3C. The van der Waals surface area contributed by atoms with Crippen LogP contribution in [0.2, 0.25) is 0 Å². The number of carbonyl (C=O) groups excluding carboxylic acids is 1. The number of halogens is 1. The quantitative estimate of drug-likeness (QED) is 0.789. The standard InChI is InChI=1S/C22H35FO3/c1-14-7-10-22-11-8-16(26-5)18(22)21(14,4)17(24)13-20(3,9-6-12-23)19(25)15(22)2/h6,12,14-18,24H,7-11,13H2,1-5H3/t14-,15+,16-,17-,18?,20-,21+,22?/m1/s1. The second-order valence-corrected chi connectivity index (χ2v) is 9.76. The predicted molar refractivity (Wildman–Crippen MR) is 100 cm³/mol. The summed E-state index contributed by atoms with van der Waals surface area (Å²) in [7, 11) is 1.77. The Balaban J connectivity index is 2.15. The second-order valence-electron chi connectivity index (χ2n) is 9.76. The van der Waals surface area contributed by atoms with E-state index in [0.717, 1.165) is 25.7 Å². The maximum Gasteiger partial charge on any atom is 0.142 e. The van der Waals surface area contributed by atoms with Crippen molar-refractivity contribution in [1.82, 2.24) is 0 Å². The van der Waals surface area contributed by atoms with Crippen LogP contribution in [-0.2, 0) is 9.53 Å². The summed E-state index contributed by atoms with van der Waals surface area (Å²) in [6.07, 6.45) is 6.20. The topological polar surface area (TPSA) is 46.5 Å². The van der Waals surface area contributed by atoms with Crippen molar-refractivity contribution in [3.05, 3.63) is 12.4 Å². The Morgan fingerprint density at radius 3 is 2.54 bits per heavy atom. The van der Waals surface area contributed by atoms with Crippen LogP contribution >= 0.6 is 0 Å². The van der Waals surface area contributed by atoms with Crippen LogP contribution in [0.3, 0.4) is 0 Å². The molecule has 3 aliphatic rings. The van der Waals surface area contributed by atoms with Gasteiger partial charge in [0, 0.05) is 23.9 Å². The normalized spacial score (nSPS) is 52.0. The molecule has 0 aromatic heterocycles. The van der Waals surface area contributed by atoms with Gasteiger partial charge in [-0.2, -0.15) is 0 Å². The minimum atomic E-state index is -0.719. The Morgan fingerprint density at radius 2 is 1.92 bits per heavy atom. The first-order valence-electron chi connectivity index (χ1n) is 10.2. The Morgan fingerprint density at radius 1 is 1.27 bits per heavy atom. The average molecular weight is 367 g/mol. The molecule has 0 saturated heterocycles. The van der Waals surface area contributed by atoms with Crippen LogP contribution in [0.1, 0.15) is 66.2 Å². The first-order chi connectivity index (χ1) is 12.2. The van der Waals surface area contributed by atoms with E-state index in [-0.39, 0.29) is 34.6 Å². The molecule has 3 saturated carbocycles. The Kier molecular flexibility index (Phi) is 5.16. The number of Topliss-reactive ketones (excluding diaryl/α,β-unsaturated/α-hetero) is 1. The van der Waals surface area contributed by atoms with Gasteiger partial charge < -0.3 is 9.84 Å². The summed E-state index contributed by atoms with van der Waals surface area (Å²) in [6.45, 7) is 8.45. The molecule has 3 rings (SSSR count). The Bertz CT molecular complexity index is 590. The van der Waals surface area contributed by atoms with Crippen molar-refractivity contribution in [2.45, 2.75) is 78.4 Å². The van der Waals surface area contributed by atoms with Gasteiger partial charge in [-0.05, 0) is 55.8 Å². The number of ketones is 1. The van der Waals surface area contributed by atoms with Crippen LogP contribution in [0.5, 0.6) is 0 Å². The summed E-state index contributed by atoms with van der Waals surface area (Å²) in [5, 5.41) is 11.4. The maximum atomic E-state index is 13.6. The van der Waals surface area contributed by atoms with Crippen molar-refractivity contribution < 1.29 is 19.0 Å². The molecule has 0 spiro atoms. The Hall–Kier alpha value is -0.740. The first-order valence-corrected chi connectivity index (χ1v) is 10.2. The van der Waals surface area contributed by atoms with Gasteiger partial charge in [-0.1, -0.05) is 33.8 Å². The van der Waals surface area contributed by atoms with Gasteiger partial charge in [0.1, 0.15) is 5.78 Å². The number of ether oxygens (including phenoxy) is 1. The molecular formula is C22H35FO3. The molecule has 0 aliphatic heterocycles. The summed E-state index contributed by atoms with van der Waals surface area (Å²) in [4.78, 5) is 13.6. The summed E-state index contributed by atoms with van der Waals surface area (Å²) >= 11 is 0. The average Bonchev–Trinajstić information content (AvgIpc) is 3.02. The van der Waals surface area contributed by atoms with E-state index in [1.54, 1.807) is 7.11 Å². The molecule has 8 atom stereocenters. The van der Waals surface area contributed by atoms with Crippen molar-refractivity contribution in [1.29, 1.82) is 0 Å². The third-order valence-corrected chi connectivity index (χ3v) is 8.83. The third kappa shape index (κ3) is 2.55. The van der Waals surface area contributed by atoms with Gasteiger partial charge in [-0.15, -0.1) is 0 Å². The van der Waals surface area contributed by atoms with Gasteiger partial charge in [-0.3, -0.25) is 4.79 Å². The van der Waals surface area contributed by atoms with Crippen molar-refractivity contribution in [2.75, 3.05) is 7.11 Å². The molecule has 2 bridgehead atoms. The van der Waals surface area contributed by atoms with E-state index in [1.807, 2.05) is 6.92 Å². The second kappa shape index (κ2) is 6.70. The monoisotopic (exact) mass is 366 g/mol. The van der Waals surface area contributed by atoms with E-state index >= 15 is 0 Å². The number of carbonyl (C=O) groups is 1. The van der Waals surface area contributed by atoms with E-state index in [9.17, 15) is 14.3 Å². The fourth-order valence-electron chi connectivity index (χ4n) is 7.02. The molecule has 1 N–H and O–H groups in total. The van der Waals surface area contributed by atoms with E-state index in [2.05, 4.69) is 20.8 Å². The van der Waals surface area contributed by atoms with Crippen molar-refractivity contribution in [3.63, 3.8) is 0 Å². The molecule has 3 fully saturated rings. The number of hydrogen-bond acceptors (Lipinski definition) is 3. The highest BCUT2D eigenvalue weighted by Crippen LogP contribution is 2.68. The minimum absolute atomic E-state index is 0.0926. The van der Waals surface area contributed by atoms with Crippen molar-refractivity contribution in [3.8, 4) is 0 Å². The predicted octanol–water partition coefficient (Wildman–Crippen LogP) is 4.68. The van der Waals surface area contributed by atoms with Gasteiger partial charge in [0.05, 0.1) is 18.5 Å². The molecule has 0 aromatic rings. The molecule has 2 unspecified atom stereocenters. The smallest absolute Gasteiger partial charge is 0.142 e. The molecule has 0 amide bonds. The lowest BCUT2D eigenvalue weighted by molar-refractivity contribution is -0.191. The van der Waals surface area contributed by atoms with E-state index in [4.69, 9.17) is 4.74 Å². The van der Waals surface area contributed by atoms with Gasteiger partial charge >= 0.3 is 0 Å². The van der Waals surface area contributed by atoms with Gasteiger partial charge in [-0.25, -0.2) is 4.39 Å². The lowest BCUT2D eigenvalue weighted by Gasteiger charge is -2.61. The van der Waals surface area contributed by atoms with Crippen LogP contribution in [-0.4, -0.2) is 30.2 Å². The van der Waals surface area contributed by atoms with Crippen LogP contribution in [0.25, 0.3) is 0 Å². The van der Waals surface area contributed by atoms with Crippen molar-refractivity contribution >= 4 is 5.78 Å². The van der Waals surface area contributed by atoms with Crippen LogP contribution in [0, 0.1) is 34.0 Å². The number of hydrogen-bond donors (Lipinski definition) is 1. The Labute approximate surface area is 157 Å². The van der Waals surface area contributed by atoms with Crippen LogP contribution < -0.4 is 0 Å². The van der Waals surface area contributed by atoms with E-state index < -0.39 is 11.5 Å².